The highest BCUT2D eigenvalue weighted by Crippen LogP contribution is 1.97. The summed E-state index contributed by atoms with van der Waals surface area (Å²) >= 11 is 0. The van der Waals surface area contributed by atoms with Crippen LogP contribution in [0.1, 0.15) is 6.42 Å². The molecule has 0 aromatic heterocycles. The van der Waals surface area contributed by atoms with Crippen LogP contribution in [0, 0.1) is 0 Å². The van der Waals surface area contributed by atoms with E-state index in [2.05, 4.69) is 5.32 Å². The number of morpholine rings is 1. The van der Waals surface area contributed by atoms with E-state index in [1.807, 2.05) is 19.0 Å². The van der Waals surface area contributed by atoms with Crippen molar-refractivity contribution in [2.24, 2.45) is 0 Å². The first-order chi connectivity index (χ1) is 8.11. The van der Waals surface area contributed by atoms with Gasteiger partial charge in [-0.05, 0) is 27.1 Å². The lowest BCUT2D eigenvalue weighted by Gasteiger charge is -2.26. The van der Waals surface area contributed by atoms with Crippen molar-refractivity contribution in [3.05, 3.63) is 0 Å². The Bertz CT molecular complexity index is 263. The Labute approximate surface area is 102 Å². The Kier molecular flexibility index (Phi) is 5.93. The van der Waals surface area contributed by atoms with Crippen molar-refractivity contribution >= 4 is 11.8 Å². The summed E-state index contributed by atoms with van der Waals surface area (Å²) in [5.41, 5.74) is 0. The Morgan fingerprint density at radius 2 is 1.94 bits per heavy atom. The molecule has 1 aliphatic rings. The number of carbonyl (C=O) groups is 2. The predicted molar refractivity (Wildman–Crippen MR) is 63.6 cm³/mol. The minimum atomic E-state index is -0.509. The molecule has 0 atom stereocenters. The number of rotatable bonds is 4. The summed E-state index contributed by atoms with van der Waals surface area (Å²) in [5.74, 6) is -0.955. The van der Waals surface area contributed by atoms with Gasteiger partial charge in [-0.3, -0.25) is 9.59 Å². The Balaban J connectivity index is 2.19. The van der Waals surface area contributed by atoms with Crippen LogP contribution in [0.15, 0.2) is 0 Å². The van der Waals surface area contributed by atoms with Gasteiger partial charge in [-0.2, -0.15) is 0 Å². The van der Waals surface area contributed by atoms with Gasteiger partial charge in [0.05, 0.1) is 13.2 Å². The van der Waals surface area contributed by atoms with Crippen LogP contribution in [0.2, 0.25) is 0 Å². The lowest BCUT2D eigenvalue weighted by molar-refractivity contribution is -0.148. The van der Waals surface area contributed by atoms with Crippen LogP contribution in [-0.4, -0.2) is 75.1 Å². The fraction of sp³-hybridized carbons (Fsp3) is 0.818. The smallest absolute Gasteiger partial charge is 0.312 e. The predicted octanol–water partition coefficient (Wildman–Crippen LogP) is -1.09. The van der Waals surface area contributed by atoms with Crippen LogP contribution in [0.3, 0.4) is 0 Å². The second-order valence-corrected chi connectivity index (χ2v) is 4.32. The number of amides is 2. The molecule has 1 rings (SSSR count). The number of ether oxygens (including phenoxy) is 1. The zero-order valence-corrected chi connectivity index (χ0v) is 10.6. The minimum Gasteiger partial charge on any atom is -0.378 e. The summed E-state index contributed by atoms with van der Waals surface area (Å²) in [6.45, 7) is 3.46. The van der Waals surface area contributed by atoms with E-state index < -0.39 is 11.8 Å². The quantitative estimate of drug-likeness (QED) is 0.503. The van der Waals surface area contributed by atoms with E-state index in [1.54, 1.807) is 0 Å². The van der Waals surface area contributed by atoms with Gasteiger partial charge in [-0.25, -0.2) is 0 Å². The standard InChI is InChI=1S/C11H21N3O3/c1-13(2)5-3-4-12-10(15)11(16)14-6-8-17-9-7-14/h3-9H2,1-2H3,(H,12,15). The number of hydrogen-bond donors (Lipinski definition) is 1. The highest BCUT2D eigenvalue weighted by molar-refractivity contribution is 6.35. The van der Waals surface area contributed by atoms with Crippen molar-refractivity contribution in [3.8, 4) is 0 Å². The SMILES string of the molecule is CN(C)CCCNC(=O)C(=O)N1CCOCC1. The molecule has 17 heavy (non-hydrogen) atoms. The van der Waals surface area contributed by atoms with Crippen LogP contribution in [0.25, 0.3) is 0 Å². The Morgan fingerprint density at radius 1 is 1.29 bits per heavy atom. The maximum absolute atomic E-state index is 11.7. The molecule has 1 N–H and O–H groups in total. The van der Waals surface area contributed by atoms with Crippen molar-refractivity contribution in [1.29, 1.82) is 0 Å². The second-order valence-electron chi connectivity index (χ2n) is 4.32. The van der Waals surface area contributed by atoms with Gasteiger partial charge >= 0.3 is 11.8 Å². The highest BCUT2D eigenvalue weighted by Gasteiger charge is 2.22. The molecule has 2 amide bonds. The summed E-state index contributed by atoms with van der Waals surface area (Å²) in [5, 5.41) is 2.64. The number of carbonyl (C=O) groups excluding carboxylic acids is 2. The van der Waals surface area contributed by atoms with Gasteiger partial charge in [0.15, 0.2) is 0 Å². The lowest BCUT2D eigenvalue weighted by Crippen LogP contribution is -2.48. The van der Waals surface area contributed by atoms with Crippen LogP contribution in [0.4, 0.5) is 0 Å². The van der Waals surface area contributed by atoms with E-state index >= 15 is 0 Å². The molecule has 1 fully saturated rings. The van der Waals surface area contributed by atoms with Crippen LogP contribution < -0.4 is 5.32 Å². The summed E-state index contributed by atoms with van der Waals surface area (Å²) in [4.78, 5) is 26.8. The second kappa shape index (κ2) is 7.24. The molecule has 6 nitrogen and oxygen atoms in total. The molecule has 6 heteroatoms. The minimum absolute atomic E-state index is 0.446. The number of hydrogen-bond acceptors (Lipinski definition) is 4. The van der Waals surface area contributed by atoms with Gasteiger partial charge in [0.2, 0.25) is 0 Å². The first-order valence-electron chi connectivity index (χ1n) is 5.91. The van der Waals surface area contributed by atoms with E-state index in [-0.39, 0.29) is 0 Å². The Morgan fingerprint density at radius 3 is 2.53 bits per heavy atom. The first kappa shape index (κ1) is 13.9. The molecule has 0 saturated carbocycles. The molecular weight excluding hydrogens is 222 g/mol. The zero-order valence-electron chi connectivity index (χ0n) is 10.6. The molecular formula is C11H21N3O3. The Hall–Kier alpha value is -1.14. The molecule has 0 unspecified atom stereocenters. The van der Waals surface area contributed by atoms with Gasteiger partial charge in [-0.15, -0.1) is 0 Å². The average Bonchev–Trinajstić information content (AvgIpc) is 2.34. The first-order valence-corrected chi connectivity index (χ1v) is 5.91. The topological polar surface area (TPSA) is 61.9 Å². The van der Waals surface area contributed by atoms with E-state index in [9.17, 15) is 9.59 Å². The molecule has 1 aliphatic heterocycles. The third-order valence-corrected chi connectivity index (χ3v) is 2.56. The largest absolute Gasteiger partial charge is 0.378 e. The van der Waals surface area contributed by atoms with E-state index in [4.69, 9.17) is 4.74 Å². The third kappa shape index (κ3) is 5.14. The number of nitrogens with zero attached hydrogens (tertiary/aromatic N) is 2. The van der Waals surface area contributed by atoms with Crippen molar-refractivity contribution < 1.29 is 14.3 Å². The number of nitrogens with one attached hydrogen (secondary N) is 1. The molecule has 1 heterocycles. The van der Waals surface area contributed by atoms with E-state index in [0.29, 0.717) is 32.8 Å². The maximum atomic E-state index is 11.7. The molecule has 0 bridgehead atoms. The highest BCUT2D eigenvalue weighted by atomic mass is 16.5. The fourth-order valence-corrected chi connectivity index (χ4v) is 1.58. The zero-order chi connectivity index (χ0) is 12.7. The van der Waals surface area contributed by atoms with Crippen molar-refractivity contribution in [1.82, 2.24) is 15.1 Å². The summed E-state index contributed by atoms with van der Waals surface area (Å²) in [6, 6.07) is 0. The normalized spacial score (nSPS) is 16.1. The molecule has 0 aliphatic carbocycles. The molecule has 98 valence electrons. The molecule has 0 aromatic carbocycles. The van der Waals surface area contributed by atoms with Gasteiger partial charge in [-0.1, -0.05) is 0 Å². The van der Waals surface area contributed by atoms with Gasteiger partial charge in [0.25, 0.3) is 0 Å². The van der Waals surface area contributed by atoms with Gasteiger partial charge < -0.3 is 19.9 Å². The molecule has 1 saturated heterocycles. The lowest BCUT2D eigenvalue weighted by atomic mass is 10.3. The van der Waals surface area contributed by atoms with Crippen molar-refractivity contribution in [3.63, 3.8) is 0 Å². The molecule has 0 spiro atoms. The summed E-state index contributed by atoms with van der Waals surface area (Å²) in [7, 11) is 3.95. The van der Waals surface area contributed by atoms with Crippen molar-refractivity contribution in [2.75, 3.05) is 53.5 Å². The van der Waals surface area contributed by atoms with Crippen LogP contribution in [0.5, 0.6) is 0 Å². The van der Waals surface area contributed by atoms with E-state index in [1.165, 1.54) is 4.90 Å². The summed E-state index contributed by atoms with van der Waals surface area (Å²) < 4.78 is 5.12. The molecule has 0 radical (unpaired) electrons. The van der Waals surface area contributed by atoms with Crippen molar-refractivity contribution in [2.45, 2.75) is 6.42 Å². The van der Waals surface area contributed by atoms with Crippen LogP contribution >= 0.6 is 0 Å². The molecule has 0 aromatic rings. The van der Waals surface area contributed by atoms with Gasteiger partial charge in [0, 0.05) is 19.6 Å². The maximum Gasteiger partial charge on any atom is 0.312 e. The third-order valence-electron chi connectivity index (χ3n) is 2.56. The van der Waals surface area contributed by atoms with E-state index in [0.717, 1.165) is 13.0 Å². The average molecular weight is 243 g/mol. The monoisotopic (exact) mass is 243 g/mol. The fourth-order valence-electron chi connectivity index (χ4n) is 1.58. The summed E-state index contributed by atoms with van der Waals surface area (Å²) in [6.07, 6.45) is 0.842. The van der Waals surface area contributed by atoms with Crippen LogP contribution in [-0.2, 0) is 14.3 Å². The van der Waals surface area contributed by atoms with Gasteiger partial charge in [0.1, 0.15) is 0 Å².